The lowest BCUT2D eigenvalue weighted by Gasteiger charge is -2.26. The maximum atomic E-state index is 9.80. The van der Waals surface area contributed by atoms with Crippen LogP contribution in [-0.4, -0.2) is 39.8 Å². The molecule has 0 bridgehead atoms. The highest BCUT2D eigenvalue weighted by Gasteiger charge is 2.20. The van der Waals surface area contributed by atoms with Gasteiger partial charge in [-0.1, -0.05) is 25.1 Å². The fourth-order valence-corrected chi connectivity index (χ4v) is 3.22. The first-order valence-electron chi connectivity index (χ1n) is 8.81. The number of hydrogen-bond donors (Lipinski definition) is 4. The third-order valence-electron chi connectivity index (χ3n) is 4.30. The summed E-state index contributed by atoms with van der Waals surface area (Å²) in [6.07, 6.45) is 2.68. The summed E-state index contributed by atoms with van der Waals surface area (Å²) in [6, 6.07) is 10.7. The van der Waals surface area contributed by atoms with Gasteiger partial charge in [0.25, 0.3) is 0 Å². The molecule has 2 aromatic rings. The predicted octanol–water partition coefficient (Wildman–Crippen LogP) is 2.95. The normalized spacial score (nSPS) is 15.2. The number of aliphatic carboxylic acids is 2. The van der Waals surface area contributed by atoms with Crippen LogP contribution >= 0.6 is 0 Å². The summed E-state index contributed by atoms with van der Waals surface area (Å²) in [5, 5.41) is 31.7. The maximum absolute atomic E-state index is 9.80. The van der Waals surface area contributed by atoms with Crippen molar-refractivity contribution in [2.45, 2.75) is 45.1 Å². The van der Waals surface area contributed by atoms with Gasteiger partial charge in [-0.15, -0.1) is 0 Å². The minimum absolute atomic E-state index is 0.296. The molecule has 0 radical (unpaired) electrons. The van der Waals surface area contributed by atoms with Crippen molar-refractivity contribution in [2.24, 2.45) is 0 Å². The van der Waals surface area contributed by atoms with E-state index in [1.807, 2.05) is 12.1 Å². The molecule has 1 atom stereocenters. The summed E-state index contributed by atoms with van der Waals surface area (Å²) in [7, 11) is 0. The lowest BCUT2D eigenvalue weighted by molar-refractivity contribution is -0.143. The van der Waals surface area contributed by atoms with Gasteiger partial charge < -0.3 is 20.6 Å². The molecule has 4 N–H and O–H groups in total. The molecule has 0 aromatic heterocycles. The van der Waals surface area contributed by atoms with E-state index < -0.39 is 11.9 Å². The van der Waals surface area contributed by atoms with Crippen LogP contribution in [0.25, 0.3) is 10.8 Å². The summed E-state index contributed by atoms with van der Waals surface area (Å²) in [4.78, 5) is 19.3. The van der Waals surface area contributed by atoms with E-state index in [-0.39, 0.29) is 12.8 Å². The van der Waals surface area contributed by atoms with Crippen molar-refractivity contribution >= 4 is 22.7 Å². The van der Waals surface area contributed by atoms with Crippen molar-refractivity contribution in [3.8, 4) is 5.75 Å². The average Bonchev–Trinajstić information content (AvgIpc) is 2.58. The zero-order valence-corrected chi connectivity index (χ0v) is 14.9. The minimum Gasteiger partial charge on any atom is -0.508 e. The number of carbonyl (C=O) groups is 2. The third-order valence-corrected chi connectivity index (χ3v) is 4.30. The second-order valence-corrected chi connectivity index (χ2v) is 6.47. The lowest BCUT2D eigenvalue weighted by Crippen LogP contribution is -2.35. The Labute approximate surface area is 152 Å². The molecule has 6 nitrogen and oxygen atoms in total. The first-order valence-corrected chi connectivity index (χ1v) is 8.81. The van der Waals surface area contributed by atoms with Crippen LogP contribution in [0.3, 0.4) is 0 Å². The van der Waals surface area contributed by atoms with E-state index in [1.54, 1.807) is 0 Å². The van der Waals surface area contributed by atoms with E-state index in [4.69, 9.17) is 10.2 Å². The standard InChI is InChI=1S/C16H19NO.C4H6O4/c1-2-6-17-14-7-11-4-3-5-12-9-15(18)10-13(8-14)16(11)12;5-3(6)1-2-4(7)8/h3-5,9-10,14,17-18H,2,6-8H2,1H3;1-2H2,(H,5,6)(H,7,8). The number of phenolic OH excluding ortho intramolecular Hbond substituents is 1. The van der Waals surface area contributed by atoms with Crippen LogP contribution in [0.5, 0.6) is 5.75 Å². The number of hydrogen-bond acceptors (Lipinski definition) is 4. The number of nitrogens with one attached hydrogen (secondary N) is 1. The average molecular weight is 359 g/mol. The largest absolute Gasteiger partial charge is 0.508 e. The Hall–Kier alpha value is -2.60. The van der Waals surface area contributed by atoms with Gasteiger partial charge in [0, 0.05) is 6.04 Å². The molecule has 140 valence electrons. The van der Waals surface area contributed by atoms with Crippen molar-refractivity contribution in [2.75, 3.05) is 6.54 Å². The van der Waals surface area contributed by atoms with Crippen LogP contribution < -0.4 is 5.32 Å². The fraction of sp³-hybridized carbons (Fsp3) is 0.400. The molecule has 1 aliphatic carbocycles. The van der Waals surface area contributed by atoms with Crippen LogP contribution in [0, 0.1) is 0 Å². The molecule has 6 heteroatoms. The molecule has 0 aliphatic heterocycles. The smallest absolute Gasteiger partial charge is 0.303 e. The zero-order chi connectivity index (χ0) is 19.1. The first kappa shape index (κ1) is 19.7. The van der Waals surface area contributed by atoms with Crippen molar-refractivity contribution in [1.29, 1.82) is 0 Å². The highest BCUT2D eigenvalue weighted by molar-refractivity contribution is 5.91. The van der Waals surface area contributed by atoms with Crippen molar-refractivity contribution in [3.05, 3.63) is 41.5 Å². The number of benzene rings is 2. The highest BCUT2D eigenvalue weighted by Crippen LogP contribution is 2.32. The summed E-state index contributed by atoms with van der Waals surface area (Å²) < 4.78 is 0. The molecule has 0 spiro atoms. The van der Waals surface area contributed by atoms with Crippen LogP contribution in [0.15, 0.2) is 30.3 Å². The quantitative estimate of drug-likeness (QED) is 0.632. The van der Waals surface area contributed by atoms with Crippen molar-refractivity contribution in [3.63, 3.8) is 0 Å². The Balaban J connectivity index is 0.000000260. The molecule has 1 unspecified atom stereocenters. The number of phenols is 1. The van der Waals surface area contributed by atoms with E-state index in [0.717, 1.165) is 31.2 Å². The van der Waals surface area contributed by atoms with Crippen LogP contribution in [0.2, 0.25) is 0 Å². The summed E-state index contributed by atoms with van der Waals surface area (Å²) in [5.74, 6) is -1.77. The summed E-state index contributed by atoms with van der Waals surface area (Å²) >= 11 is 0. The Morgan fingerprint density at radius 3 is 2.35 bits per heavy atom. The van der Waals surface area contributed by atoms with Gasteiger partial charge in [-0.2, -0.15) is 0 Å². The molecule has 0 saturated heterocycles. The summed E-state index contributed by atoms with van der Waals surface area (Å²) in [6.45, 7) is 3.26. The fourth-order valence-electron chi connectivity index (χ4n) is 3.22. The van der Waals surface area contributed by atoms with Gasteiger partial charge in [0.05, 0.1) is 12.8 Å². The molecular formula is C20H25NO5. The highest BCUT2D eigenvalue weighted by atomic mass is 16.4. The molecule has 0 heterocycles. The zero-order valence-electron chi connectivity index (χ0n) is 14.9. The number of aromatic hydroxyl groups is 1. The van der Waals surface area contributed by atoms with Gasteiger partial charge in [-0.3, -0.25) is 9.59 Å². The Morgan fingerprint density at radius 2 is 1.73 bits per heavy atom. The molecular weight excluding hydrogens is 334 g/mol. The van der Waals surface area contributed by atoms with Crippen molar-refractivity contribution in [1.82, 2.24) is 5.32 Å². The van der Waals surface area contributed by atoms with E-state index in [2.05, 4.69) is 30.4 Å². The summed E-state index contributed by atoms with van der Waals surface area (Å²) in [5.41, 5.74) is 2.68. The number of rotatable bonds is 6. The molecule has 3 rings (SSSR count). The third kappa shape index (κ3) is 5.46. The Kier molecular flexibility index (Phi) is 6.97. The predicted molar refractivity (Wildman–Crippen MR) is 99.6 cm³/mol. The topological polar surface area (TPSA) is 107 Å². The van der Waals surface area contributed by atoms with E-state index in [9.17, 15) is 14.7 Å². The maximum Gasteiger partial charge on any atom is 0.303 e. The van der Waals surface area contributed by atoms with E-state index in [0.29, 0.717) is 11.8 Å². The Bertz CT molecular complexity index is 773. The monoisotopic (exact) mass is 359 g/mol. The minimum atomic E-state index is -1.08. The van der Waals surface area contributed by atoms with Crippen LogP contribution in [0.1, 0.15) is 37.3 Å². The molecule has 0 saturated carbocycles. The SMILES string of the molecule is CCCNC1Cc2cccc3cc(O)cc(c23)C1.O=C(O)CCC(=O)O. The second-order valence-electron chi connectivity index (χ2n) is 6.47. The van der Waals surface area contributed by atoms with Gasteiger partial charge in [-0.05, 0) is 59.8 Å². The van der Waals surface area contributed by atoms with Gasteiger partial charge in [0.1, 0.15) is 5.75 Å². The van der Waals surface area contributed by atoms with Gasteiger partial charge in [0.2, 0.25) is 0 Å². The van der Waals surface area contributed by atoms with E-state index >= 15 is 0 Å². The first-order chi connectivity index (χ1) is 12.4. The molecule has 26 heavy (non-hydrogen) atoms. The van der Waals surface area contributed by atoms with Crippen LogP contribution in [0.4, 0.5) is 0 Å². The second kappa shape index (κ2) is 9.20. The van der Waals surface area contributed by atoms with Gasteiger partial charge >= 0.3 is 11.9 Å². The molecule has 0 amide bonds. The number of carboxylic acids is 2. The van der Waals surface area contributed by atoms with Crippen LogP contribution in [-0.2, 0) is 22.4 Å². The number of carboxylic acid groups (broad SMARTS) is 2. The van der Waals surface area contributed by atoms with Crippen molar-refractivity contribution < 1.29 is 24.9 Å². The molecule has 1 aliphatic rings. The molecule has 0 fully saturated rings. The van der Waals surface area contributed by atoms with E-state index in [1.165, 1.54) is 16.5 Å². The molecule has 2 aromatic carbocycles. The lowest BCUT2D eigenvalue weighted by atomic mass is 9.85. The van der Waals surface area contributed by atoms with Gasteiger partial charge in [-0.25, -0.2) is 0 Å². The Morgan fingerprint density at radius 1 is 1.08 bits per heavy atom. The van der Waals surface area contributed by atoms with Gasteiger partial charge in [0.15, 0.2) is 0 Å².